The smallest absolute Gasteiger partial charge is 0.338 e. The quantitative estimate of drug-likeness (QED) is 0.689. The Morgan fingerprint density at radius 2 is 1.79 bits per heavy atom. The number of esters is 1. The van der Waals surface area contributed by atoms with Gasteiger partial charge in [-0.15, -0.1) is 0 Å². The van der Waals surface area contributed by atoms with Crippen molar-refractivity contribution in [2.75, 3.05) is 25.5 Å². The normalized spacial score (nSPS) is 11.3. The number of rotatable bonds is 7. The maximum absolute atomic E-state index is 12.5. The topological polar surface area (TPSA) is 92.8 Å². The molecule has 0 fully saturated rings. The van der Waals surface area contributed by atoms with Crippen LogP contribution in [0.5, 0.6) is 0 Å². The summed E-state index contributed by atoms with van der Waals surface area (Å²) in [6, 6.07) is 10.4. The van der Waals surface area contributed by atoms with E-state index in [0.717, 1.165) is 4.31 Å². The van der Waals surface area contributed by atoms with Crippen LogP contribution < -0.4 is 5.32 Å². The lowest BCUT2D eigenvalue weighted by atomic mass is 10.1. The molecule has 0 atom stereocenters. The summed E-state index contributed by atoms with van der Waals surface area (Å²) in [6.45, 7) is 3.34. The van der Waals surface area contributed by atoms with Gasteiger partial charge in [0.25, 0.3) is 0 Å². The molecule has 1 amide bonds. The van der Waals surface area contributed by atoms with E-state index in [-0.39, 0.29) is 18.0 Å². The monoisotopic (exact) mass is 424 g/mol. The molecule has 0 bridgehead atoms. The van der Waals surface area contributed by atoms with Crippen LogP contribution in [-0.4, -0.2) is 44.8 Å². The summed E-state index contributed by atoms with van der Waals surface area (Å²) in [5.41, 5.74) is 1.51. The maximum atomic E-state index is 12.5. The Kier molecular flexibility index (Phi) is 7.17. The number of likely N-dealkylation sites (N-methyl/N-ethyl adjacent to an activating group) is 1. The van der Waals surface area contributed by atoms with Crippen molar-refractivity contribution in [1.82, 2.24) is 4.31 Å². The lowest BCUT2D eigenvalue weighted by Crippen LogP contribution is -2.35. The highest BCUT2D eigenvalue weighted by Gasteiger charge is 2.23. The Bertz CT molecular complexity index is 974. The number of hydrogen-bond acceptors (Lipinski definition) is 5. The molecule has 7 nitrogen and oxygen atoms in total. The molecular weight excluding hydrogens is 404 g/mol. The predicted octanol–water partition coefficient (Wildman–Crippen LogP) is 3.08. The molecule has 2 rings (SSSR count). The molecule has 0 aliphatic carbocycles. The number of ether oxygens (including phenoxy) is 1. The predicted molar refractivity (Wildman–Crippen MR) is 107 cm³/mol. The van der Waals surface area contributed by atoms with E-state index in [1.165, 1.54) is 37.4 Å². The summed E-state index contributed by atoms with van der Waals surface area (Å²) in [6.07, 6.45) is 0. The van der Waals surface area contributed by atoms with Crippen molar-refractivity contribution < 1.29 is 22.7 Å². The van der Waals surface area contributed by atoms with Gasteiger partial charge in [0, 0.05) is 17.8 Å². The van der Waals surface area contributed by atoms with Gasteiger partial charge < -0.3 is 10.1 Å². The van der Waals surface area contributed by atoms with Gasteiger partial charge in [-0.1, -0.05) is 11.6 Å². The number of aryl methyl sites for hydroxylation is 1. The zero-order chi connectivity index (χ0) is 20.9. The van der Waals surface area contributed by atoms with E-state index >= 15 is 0 Å². The molecule has 0 aliphatic heterocycles. The van der Waals surface area contributed by atoms with E-state index in [4.69, 9.17) is 16.3 Å². The first-order valence-electron chi connectivity index (χ1n) is 8.44. The molecule has 0 heterocycles. The third kappa shape index (κ3) is 5.31. The zero-order valence-electron chi connectivity index (χ0n) is 15.7. The third-order valence-electron chi connectivity index (χ3n) is 3.90. The van der Waals surface area contributed by atoms with E-state index in [9.17, 15) is 18.0 Å². The molecule has 0 aromatic heterocycles. The summed E-state index contributed by atoms with van der Waals surface area (Å²) < 4.78 is 30.9. The standard InChI is InChI=1S/C19H21ClN2O5S/c1-4-27-19(24)14-5-10-17(13(2)11-14)21-18(23)12-22(3)28(25,26)16-8-6-15(20)7-9-16/h5-11H,4,12H2,1-3H3,(H,21,23). The van der Waals surface area contributed by atoms with Crippen molar-refractivity contribution in [1.29, 1.82) is 0 Å². The van der Waals surface area contributed by atoms with Crippen LogP contribution in [0.25, 0.3) is 0 Å². The van der Waals surface area contributed by atoms with Crippen molar-refractivity contribution in [3.05, 3.63) is 58.6 Å². The largest absolute Gasteiger partial charge is 0.462 e. The van der Waals surface area contributed by atoms with Gasteiger partial charge in [0.1, 0.15) is 0 Å². The van der Waals surface area contributed by atoms with E-state index < -0.39 is 21.9 Å². The molecule has 28 heavy (non-hydrogen) atoms. The number of nitrogens with one attached hydrogen (secondary N) is 1. The van der Waals surface area contributed by atoms with E-state index in [0.29, 0.717) is 21.8 Å². The van der Waals surface area contributed by atoms with Gasteiger partial charge in [0.15, 0.2) is 0 Å². The molecular formula is C19H21ClN2O5S. The van der Waals surface area contributed by atoms with E-state index in [1.807, 2.05) is 0 Å². The molecule has 0 aliphatic rings. The Hall–Kier alpha value is -2.42. The highest BCUT2D eigenvalue weighted by Crippen LogP contribution is 2.19. The number of halogens is 1. The highest BCUT2D eigenvalue weighted by atomic mass is 35.5. The van der Waals surface area contributed by atoms with E-state index in [2.05, 4.69) is 5.32 Å². The minimum Gasteiger partial charge on any atom is -0.462 e. The summed E-state index contributed by atoms with van der Waals surface area (Å²) in [4.78, 5) is 24.1. The molecule has 0 saturated carbocycles. The van der Waals surface area contributed by atoms with Crippen LogP contribution in [0.3, 0.4) is 0 Å². The van der Waals surface area contributed by atoms with E-state index in [1.54, 1.807) is 26.0 Å². The average molecular weight is 425 g/mol. The van der Waals surface area contributed by atoms with Gasteiger partial charge in [0.05, 0.1) is 23.6 Å². The number of hydrogen-bond donors (Lipinski definition) is 1. The second-order valence-electron chi connectivity index (χ2n) is 6.01. The first-order valence-corrected chi connectivity index (χ1v) is 10.3. The summed E-state index contributed by atoms with van der Waals surface area (Å²) in [5, 5.41) is 3.07. The van der Waals surface area contributed by atoms with Gasteiger partial charge in [-0.25, -0.2) is 13.2 Å². The van der Waals surface area contributed by atoms with Gasteiger partial charge in [-0.3, -0.25) is 4.79 Å². The van der Waals surface area contributed by atoms with Crippen LogP contribution in [-0.2, 0) is 19.6 Å². The van der Waals surface area contributed by atoms with Crippen molar-refractivity contribution in [3.8, 4) is 0 Å². The molecule has 0 unspecified atom stereocenters. The number of carbonyl (C=O) groups is 2. The number of amides is 1. The van der Waals surface area contributed by atoms with Crippen LogP contribution in [0.2, 0.25) is 5.02 Å². The minimum atomic E-state index is -3.82. The lowest BCUT2D eigenvalue weighted by molar-refractivity contribution is -0.116. The number of carbonyl (C=O) groups excluding carboxylic acids is 2. The molecule has 2 aromatic carbocycles. The number of sulfonamides is 1. The molecule has 150 valence electrons. The summed E-state index contributed by atoms with van der Waals surface area (Å²) >= 11 is 5.78. The SMILES string of the molecule is CCOC(=O)c1ccc(NC(=O)CN(C)S(=O)(=O)c2ccc(Cl)cc2)c(C)c1. The first kappa shape index (κ1) is 21.9. The number of nitrogens with zero attached hydrogens (tertiary/aromatic N) is 1. The minimum absolute atomic E-state index is 0.0437. The summed E-state index contributed by atoms with van der Waals surface area (Å²) in [5.74, 6) is -0.954. The second kappa shape index (κ2) is 9.18. The van der Waals surface area contributed by atoms with Crippen LogP contribution in [0.1, 0.15) is 22.8 Å². The highest BCUT2D eigenvalue weighted by molar-refractivity contribution is 7.89. The molecule has 0 saturated heterocycles. The fourth-order valence-corrected chi connectivity index (χ4v) is 3.66. The van der Waals surface area contributed by atoms with Crippen LogP contribution >= 0.6 is 11.6 Å². The maximum Gasteiger partial charge on any atom is 0.338 e. The third-order valence-corrected chi connectivity index (χ3v) is 5.97. The second-order valence-corrected chi connectivity index (χ2v) is 8.49. The van der Waals surface area contributed by atoms with Gasteiger partial charge in [0.2, 0.25) is 15.9 Å². The molecule has 1 N–H and O–H groups in total. The van der Waals surface area contributed by atoms with Gasteiger partial charge in [-0.2, -0.15) is 4.31 Å². The Balaban J connectivity index is 2.07. The van der Waals surface area contributed by atoms with Gasteiger partial charge in [-0.05, 0) is 61.9 Å². The van der Waals surface area contributed by atoms with Crippen LogP contribution in [0.15, 0.2) is 47.4 Å². The van der Waals surface area contributed by atoms with Crippen molar-refractivity contribution in [2.45, 2.75) is 18.7 Å². The summed E-state index contributed by atoms with van der Waals surface area (Å²) in [7, 11) is -2.51. The van der Waals surface area contributed by atoms with Crippen molar-refractivity contribution >= 4 is 39.2 Å². The first-order chi connectivity index (χ1) is 13.1. The fourth-order valence-electron chi connectivity index (χ4n) is 2.41. The number of anilines is 1. The molecule has 9 heteroatoms. The van der Waals surface area contributed by atoms with Gasteiger partial charge >= 0.3 is 5.97 Å². The van der Waals surface area contributed by atoms with Crippen molar-refractivity contribution in [3.63, 3.8) is 0 Å². The Morgan fingerprint density at radius 1 is 1.14 bits per heavy atom. The molecule has 0 radical (unpaired) electrons. The zero-order valence-corrected chi connectivity index (χ0v) is 17.3. The lowest BCUT2D eigenvalue weighted by Gasteiger charge is -2.17. The van der Waals surface area contributed by atoms with Crippen LogP contribution in [0.4, 0.5) is 5.69 Å². The number of benzene rings is 2. The average Bonchev–Trinajstić information content (AvgIpc) is 2.63. The van der Waals surface area contributed by atoms with Crippen molar-refractivity contribution in [2.24, 2.45) is 0 Å². The Morgan fingerprint density at radius 3 is 2.36 bits per heavy atom. The van der Waals surface area contributed by atoms with Crippen LogP contribution in [0, 0.1) is 6.92 Å². The fraction of sp³-hybridized carbons (Fsp3) is 0.263. The molecule has 2 aromatic rings. The molecule has 0 spiro atoms. The Labute approximate surface area is 169 Å².